The number of carbonyl (C=O) groups is 1. The average Bonchev–Trinajstić information content (AvgIpc) is 2.32. The predicted octanol–water partition coefficient (Wildman–Crippen LogP) is 1.31. The Morgan fingerprint density at radius 2 is 2.36 bits per heavy atom. The third kappa shape index (κ3) is 1.34. The van der Waals surface area contributed by atoms with Gasteiger partial charge in [-0.05, 0) is 0 Å². The fraction of sp³-hybridized carbons (Fsp3) is 0.200. The van der Waals surface area contributed by atoms with Crippen molar-refractivity contribution in [2.45, 2.75) is 6.43 Å². The summed E-state index contributed by atoms with van der Waals surface area (Å²) in [7, 11) is 0. The van der Waals surface area contributed by atoms with Crippen LogP contribution in [-0.4, -0.2) is 16.2 Å². The summed E-state index contributed by atoms with van der Waals surface area (Å²) >= 11 is 0. The largest absolute Gasteiger partial charge is 0.478 e. The van der Waals surface area contributed by atoms with Gasteiger partial charge in [0.05, 0.1) is 0 Å². The number of alkyl halides is 2. The van der Waals surface area contributed by atoms with E-state index in [4.69, 9.17) is 5.11 Å². The van der Waals surface area contributed by atoms with E-state index in [9.17, 15) is 13.6 Å². The van der Waals surface area contributed by atoms with Crippen molar-refractivity contribution in [3.63, 3.8) is 0 Å². The number of halogens is 2. The number of hydrogen-bond acceptors (Lipinski definition) is 3. The van der Waals surface area contributed by atoms with Gasteiger partial charge < -0.3 is 9.63 Å². The molecule has 1 heterocycles. The van der Waals surface area contributed by atoms with Crippen molar-refractivity contribution in [1.82, 2.24) is 5.16 Å². The maximum Gasteiger partial charge on any atom is 0.341 e. The second-order valence-electron chi connectivity index (χ2n) is 1.72. The van der Waals surface area contributed by atoms with Crippen molar-refractivity contribution in [3.8, 4) is 0 Å². The number of hydrogen-bond donors (Lipinski definition) is 1. The second-order valence-corrected chi connectivity index (χ2v) is 1.72. The van der Waals surface area contributed by atoms with Gasteiger partial charge in [0.25, 0.3) is 6.43 Å². The van der Waals surface area contributed by atoms with E-state index in [0.717, 1.165) is 0 Å². The Morgan fingerprint density at radius 3 is 2.73 bits per heavy atom. The predicted molar refractivity (Wildman–Crippen MR) is 28.4 cm³/mol. The quantitative estimate of drug-likeness (QED) is 0.713. The van der Waals surface area contributed by atoms with Crippen LogP contribution in [0.15, 0.2) is 10.8 Å². The van der Waals surface area contributed by atoms with E-state index in [1.165, 1.54) is 0 Å². The Morgan fingerprint density at radius 1 is 1.73 bits per heavy atom. The standard InChI is InChI=1S/C5H3F2NO3/c6-4(7)3-2(5(9)10)1-11-8-3/h1,4H,(H,9,10). The van der Waals surface area contributed by atoms with Crippen molar-refractivity contribution in [2.75, 3.05) is 0 Å². The summed E-state index contributed by atoms with van der Waals surface area (Å²) in [5.41, 5.74) is -1.43. The summed E-state index contributed by atoms with van der Waals surface area (Å²) in [6, 6.07) is 0. The molecule has 0 bridgehead atoms. The normalized spacial score (nSPS) is 10.5. The molecule has 6 heteroatoms. The summed E-state index contributed by atoms with van der Waals surface area (Å²) < 4.78 is 27.7. The highest BCUT2D eigenvalue weighted by molar-refractivity contribution is 5.88. The molecule has 0 aromatic carbocycles. The molecule has 0 radical (unpaired) electrons. The van der Waals surface area contributed by atoms with E-state index in [0.29, 0.717) is 6.26 Å². The molecule has 0 atom stereocenters. The summed E-state index contributed by atoms with van der Waals surface area (Å²) in [6.45, 7) is 0. The Balaban J connectivity index is 3.06. The van der Waals surface area contributed by atoms with Gasteiger partial charge in [0.1, 0.15) is 11.8 Å². The van der Waals surface area contributed by atoms with Crippen LogP contribution in [-0.2, 0) is 0 Å². The number of carboxylic acid groups (broad SMARTS) is 1. The lowest BCUT2D eigenvalue weighted by Gasteiger charge is -1.91. The molecule has 1 aromatic heterocycles. The lowest BCUT2D eigenvalue weighted by atomic mass is 10.2. The highest BCUT2D eigenvalue weighted by Gasteiger charge is 2.22. The van der Waals surface area contributed by atoms with E-state index < -0.39 is 23.7 Å². The highest BCUT2D eigenvalue weighted by Crippen LogP contribution is 2.20. The SMILES string of the molecule is O=C(O)c1conc1C(F)F. The van der Waals surface area contributed by atoms with Crippen LogP contribution in [0.4, 0.5) is 8.78 Å². The monoisotopic (exact) mass is 163 g/mol. The molecule has 1 rings (SSSR count). The Labute approximate surface area is 59.4 Å². The summed E-state index contributed by atoms with van der Waals surface area (Å²) in [5.74, 6) is -1.47. The first-order valence-electron chi connectivity index (χ1n) is 2.58. The fourth-order valence-corrected chi connectivity index (χ4v) is 0.563. The molecule has 0 aliphatic rings. The molecule has 0 aliphatic carbocycles. The van der Waals surface area contributed by atoms with Crippen LogP contribution in [0.5, 0.6) is 0 Å². The van der Waals surface area contributed by atoms with Crippen LogP contribution in [0.2, 0.25) is 0 Å². The molecule has 0 fully saturated rings. The molecular formula is C5H3F2NO3. The van der Waals surface area contributed by atoms with Crippen LogP contribution in [0, 0.1) is 0 Å². The third-order valence-electron chi connectivity index (χ3n) is 1.03. The van der Waals surface area contributed by atoms with Gasteiger partial charge in [-0.15, -0.1) is 0 Å². The number of rotatable bonds is 2. The maximum atomic E-state index is 11.8. The van der Waals surface area contributed by atoms with Crippen LogP contribution < -0.4 is 0 Å². The van der Waals surface area contributed by atoms with Gasteiger partial charge in [-0.1, -0.05) is 5.16 Å². The lowest BCUT2D eigenvalue weighted by molar-refractivity contribution is 0.0684. The Kier molecular flexibility index (Phi) is 1.84. The number of aromatic nitrogens is 1. The molecule has 0 spiro atoms. The molecule has 0 amide bonds. The van der Waals surface area contributed by atoms with Gasteiger partial charge in [-0.3, -0.25) is 0 Å². The van der Waals surface area contributed by atoms with Crippen LogP contribution in [0.3, 0.4) is 0 Å². The molecule has 0 saturated carbocycles. The van der Waals surface area contributed by atoms with Gasteiger partial charge >= 0.3 is 5.97 Å². The molecule has 4 nitrogen and oxygen atoms in total. The molecule has 0 unspecified atom stereocenters. The minimum atomic E-state index is -2.92. The zero-order valence-electron chi connectivity index (χ0n) is 5.12. The summed E-state index contributed by atoms with van der Waals surface area (Å²) in [4.78, 5) is 10.2. The number of nitrogens with zero attached hydrogens (tertiary/aromatic N) is 1. The molecule has 1 N–H and O–H groups in total. The van der Waals surface area contributed by atoms with E-state index in [-0.39, 0.29) is 0 Å². The molecule has 0 saturated heterocycles. The smallest absolute Gasteiger partial charge is 0.341 e. The van der Waals surface area contributed by atoms with E-state index in [1.807, 2.05) is 0 Å². The second kappa shape index (κ2) is 2.65. The highest BCUT2D eigenvalue weighted by atomic mass is 19.3. The third-order valence-corrected chi connectivity index (χ3v) is 1.03. The first-order valence-corrected chi connectivity index (χ1v) is 2.58. The minimum absolute atomic E-state index is 0.597. The van der Waals surface area contributed by atoms with Crippen LogP contribution >= 0.6 is 0 Å². The Bertz CT molecular complexity index is 270. The van der Waals surface area contributed by atoms with Crippen molar-refractivity contribution in [1.29, 1.82) is 0 Å². The van der Waals surface area contributed by atoms with Crippen LogP contribution in [0.25, 0.3) is 0 Å². The van der Waals surface area contributed by atoms with Crippen molar-refractivity contribution < 1.29 is 23.2 Å². The minimum Gasteiger partial charge on any atom is -0.478 e. The van der Waals surface area contributed by atoms with Crippen molar-refractivity contribution >= 4 is 5.97 Å². The van der Waals surface area contributed by atoms with Gasteiger partial charge in [0, 0.05) is 0 Å². The van der Waals surface area contributed by atoms with Gasteiger partial charge in [0.15, 0.2) is 5.69 Å². The van der Waals surface area contributed by atoms with E-state index in [1.54, 1.807) is 0 Å². The zero-order chi connectivity index (χ0) is 8.43. The van der Waals surface area contributed by atoms with Gasteiger partial charge in [-0.25, -0.2) is 13.6 Å². The van der Waals surface area contributed by atoms with Crippen molar-refractivity contribution in [2.24, 2.45) is 0 Å². The van der Waals surface area contributed by atoms with Gasteiger partial charge in [-0.2, -0.15) is 0 Å². The Hall–Kier alpha value is -1.46. The fourth-order valence-electron chi connectivity index (χ4n) is 0.563. The van der Waals surface area contributed by atoms with Crippen LogP contribution in [0.1, 0.15) is 22.5 Å². The first-order chi connectivity index (χ1) is 5.13. The summed E-state index contributed by atoms with van der Waals surface area (Å²) in [5, 5.41) is 11.1. The lowest BCUT2D eigenvalue weighted by Crippen LogP contribution is -1.99. The molecule has 0 aliphatic heterocycles. The number of aromatic carboxylic acids is 1. The first kappa shape index (κ1) is 7.64. The average molecular weight is 163 g/mol. The molecular weight excluding hydrogens is 160 g/mol. The van der Waals surface area contributed by atoms with Crippen molar-refractivity contribution in [3.05, 3.63) is 17.5 Å². The van der Waals surface area contributed by atoms with Gasteiger partial charge in [0.2, 0.25) is 0 Å². The topological polar surface area (TPSA) is 63.3 Å². The summed E-state index contributed by atoms with van der Waals surface area (Å²) in [6.07, 6.45) is -2.25. The molecule has 1 aromatic rings. The van der Waals surface area contributed by atoms with E-state index in [2.05, 4.69) is 9.68 Å². The molecule has 60 valence electrons. The van der Waals surface area contributed by atoms with E-state index >= 15 is 0 Å². The number of carboxylic acids is 1. The molecule has 11 heavy (non-hydrogen) atoms. The maximum absolute atomic E-state index is 11.8. The zero-order valence-corrected chi connectivity index (χ0v) is 5.12.